The maximum atomic E-state index is 10.9. The van der Waals surface area contributed by atoms with Crippen molar-refractivity contribution in [2.24, 2.45) is 11.8 Å². The van der Waals surface area contributed by atoms with Crippen LogP contribution in [0.1, 0.15) is 20.3 Å². The van der Waals surface area contributed by atoms with E-state index in [-0.39, 0.29) is 11.9 Å². The summed E-state index contributed by atoms with van der Waals surface area (Å²) in [4.78, 5) is 10.9. The molecule has 0 aromatic heterocycles. The molecule has 3 heteroatoms. The van der Waals surface area contributed by atoms with E-state index in [9.17, 15) is 4.79 Å². The maximum Gasteiger partial charge on any atom is 0.308 e. The average molecular weight is 270 g/mol. The molecule has 0 N–H and O–H groups in total. The quantitative estimate of drug-likeness (QED) is 0.445. The van der Waals surface area contributed by atoms with Crippen molar-refractivity contribution in [2.75, 3.05) is 11.5 Å². The van der Waals surface area contributed by atoms with Gasteiger partial charge in [-0.1, -0.05) is 36.4 Å². The minimum atomic E-state index is -0.0956. The van der Waals surface area contributed by atoms with E-state index in [2.05, 4.69) is 34.3 Å². The van der Waals surface area contributed by atoms with Gasteiger partial charge < -0.3 is 4.74 Å². The van der Waals surface area contributed by atoms with Crippen molar-refractivity contribution in [1.82, 2.24) is 0 Å². The number of halogens is 1. The Labute approximate surface area is 81.8 Å². The van der Waals surface area contributed by atoms with Crippen molar-refractivity contribution in [3.05, 3.63) is 0 Å². The Morgan fingerprint density at radius 2 is 2.09 bits per heavy atom. The van der Waals surface area contributed by atoms with Gasteiger partial charge in [-0.25, -0.2) is 0 Å². The number of ether oxygens (including phenoxy) is 1. The average Bonchev–Trinajstić information content (AvgIpc) is 2.02. The van der Waals surface area contributed by atoms with Gasteiger partial charge in [-0.3, -0.25) is 4.79 Å². The summed E-state index contributed by atoms with van der Waals surface area (Å²) < 4.78 is 5.71. The van der Waals surface area contributed by atoms with Gasteiger partial charge in [0.25, 0.3) is 0 Å². The van der Waals surface area contributed by atoms with E-state index in [1.54, 1.807) is 0 Å². The number of hydrogen-bond acceptors (Lipinski definition) is 2. The standard InChI is InChI=1S/C8H15IO2/c1-6(5-9)4-7(2)8(10)11-3/h6-7H,4-5H2,1-3H3/t6-,7+/m1/s1. The summed E-state index contributed by atoms with van der Waals surface area (Å²) in [6, 6.07) is 0. The summed E-state index contributed by atoms with van der Waals surface area (Å²) >= 11 is 2.33. The summed E-state index contributed by atoms with van der Waals surface area (Å²) in [5, 5.41) is 0. The van der Waals surface area contributed by atoms with Crippen LogP contribution in [-0.2, 0) is 9.53 Å². The molecule has 0 aromatic carbocycles. The minimum Gasteiger partial charge on any atom is -0.469 e. The lowest BCUT2D eigenvalue weighted by Gasteiger charge is -2.12. The maximum absolute atomic E-state index is 10.9. The van der Waals surface area contributed by atoms with E-state index in [4.69, 9.17) is 0 Å². The van der Waals surface area contributed by atoms with Crippen LogP contribution in [0.15, 0.2) is 0 Å². The third kappa shape index (κ3) is 4.61. The molecule has 0 aliphatic heterocycles. The molecular weight excluding hydrogens is 255 g/mol. The van der Waals surface area contributed by atoms with Crippen LogP contribution in [0, 0.1) is 11.8 Å². The third-order valence-electron chi connectivity index (χ3n) is 1.62. The van der Waals surface area contributed by atoms with Crippen LogP contribution in [0.3, 0.4) is 0 Å². The van der Waals surface area contributed by atoms with E-state index < -0.39 is 0 Å². The highest BCUT2D eigenvalue weighted by Crippen LogP contribution is 2.14. The molecule has 0 saturated heterocycles. The largest absolute Gasteiger partial charge is 0.469 e. The third-order valence-corrected chi connectivity index (χ3v) is 3.13. The van der Waals surface area contributed by atoms with Gasteiger partial charge in [0.2, 0.25) is 0 Å². The summed E-state index contributed by atoms with van der Waals surface area (Å²) in [6.07, 6.45) is 0.926. The summed E-state index contributed by atoms with van der Waals surface area (Å²) in [6.45, 7) is 4.06. The lowest BCUT2D eigenvalue weighted by Crippen LogP contribution is -2.16. The van der Waals surface area contributed by atoms with E-state index in [1.165, 1.54) is 7.11 Å². The smallest absolute Gasteiger partial charge is 0.308 e. The van der Waals surface area contributed by atoms with Gasteiger partial charge in [-0.05, 0) is 12.3 Å². The van der Waals surface area contributed by atoms with Gasteiger partial charge in [-0.2, -0.15) is 0 Å². The van der Waals surface area contributed by atoms with Crippen LogP contribution in [0.25, 0.3) is 0 Å². The predicted molar refractivity (Wildman–Crippen MR) is 53.8 cm³/mol. The number of alkyl halides is 1. The number of carbonyl (C=O) groups excluding carboxylic acids is 1. The van der Waals surface area contributed by atoms with Gasteiger partial charge >= 0.3 is 5.97 Å². The number of carbonyl (C=O) groups is 1. The number of hydrogen-bond donors (Lipinski definition) is 0. The van der Waals surface area contributed by atoms with Gasteiger partial charge in [0.15, 0.2) is 0 Å². The van der Waals surface area contributed by atoms with Crippen molar-refractivity contribution in [1.29, 1.82) is 0 Å². The van der Waals surface area contributed by atoms with Crippen molar-refractivity contribution < 1.29 is 9.53 Å². The summed E-state index contributed by atoms with van der Waals surface area (Å²) in [5.74, 6) is 0.552. The second kappa shape index (κ2) is 5.80. The van der Waals surface area contributed by atoms with Crippen LogP contribution in [-0.4, -0.2) is 17.5 Å². The van der Waals surface area contributed by atoms with Gasteiger partial charge in [0.1, 0.15) is 0 Å². The van der Waals surface area contributed by atoms with Crippen molar-refractivity contribution in [3.63, 3.8) is 0 Å². The zero-order valence-corrected chi connectivity index (χ0v) is 9.42. The number of rotatable bonds is 4. The molecule has 0 unspecified atom stereocenters. The first-order valence-electron chi connectivity index (χ1n) is 3.75. The molecule has 0 aromatic rings. The van der Waals surface area contributed by atoms with Crippen molar-refractivity contribution in [3.8, 4) is 0 Å². The Kier molecular flexibility index (Phi) is 5.91. The minimum absolute atomic E-state index is 0.0461. The Hall–Kier alpha value is 0.200. The SMILES string of the molecule is COC(=O)[C@@H](C)C[C@@H](C)CI. The Bertz CT molecular complexity index is 125. The molecule has 0 aliphatic carbocycles. The van der Waals surface area contributed by atoms with Crippen LogP contribution < -0.4 is 0 Å². The molecule has 66 valence electrons. The first-order chi connectivity index (χ1) is 5.11. The molecule has 0 amide bonds. The molecule has 0 radical (unpaired) electrons. The Morgan fingerprint density at radius 1 is 1.55 bits per heavy atom. The predicted octanol–water partition coefficient (Wildman–Crippen LogP) is 2.26. The normalized spacial score (nSPS) is 15.6. The first-order valence-corrected chi connectivity index (χ1v) is 5.28. The van der Waals surface area contributed by atoms with Crippen molar-refractivity contribution in [2.45, 2.75) is 20.3 Å². The van der Waals surface area contributed by atoms with Crippen LogP contribution in [0.4, 0.5) is 0 Å². The van der Waals surface area contributed by atoms with Crippen LogP contribution in [0.5, 0.6) is 0 Å². The van der Waals surface area contributed by atoms with E-state index >= 15 is 0 Å². The molecule has 0 spiro atoms. The molecule has 0 bridgehead atoms. The number of esters is 1. The molecular formula is C8H15IO2. The second-order valence-corrected chi connectivity index (χ2v) is 3.80. The molecule has 2 nitrogen and oxygen atoms in total. The molecule has 0 fully saturated rings. The molecule has 0 rings (SSSR count). The first kappa shape index (κ1) is 11.2. The molecule has 11 heavy (non-hydrogen) atoms. The zero-order chi connectivity index (χ0) is 8.85. The van der Waals surface area contributed by atoms with Crippen LogP contribution in [0.2, 0.25) is 0 Å². The lowest BCUT2D eigenvalue weighted by molar-refractivity contribution is -0.145. The number of methoxy groups -OCH3 is 1. The molecule has 2 atom stereocenters. The van der Waals surface area contributed by atoms with Crippen molar-refractivity contribution >= 4 is 28.6 Å². The Balaban J connectivity index is 3.67. The fraction of sp³-hybridized carbons (Fsp3) is 0.875. The Morgan fingerprint density at radius 3 is 2.45 bits per heavy atom. The van der Waals surface area contributed by atoms with E-state index in [0.717, 1.165) is 10.8 Å². The summed E-state index contributed by atoms with van der Waals surface area (Å²) in [7, 11) is 1.44. The molecule has 0 saturated carbocycles. The van der Waals surface area contributed by atoms with Gasteiger partial charge in [0, 0.05) is 4.43 Å². The second-order valence-electron chi connectivity index (χ2n) is 2.92. The highest BCUT2D eigenvalue weighted by atomic mass is 127. The monoisotopic (exact) mass is 270 g/mol. The molecule has 0 aliphatic rings. The fourth-order valence-electron chi connectivity index (χ4n) is 0.964. The molecule has 0 heterocycles. The summed E-state index contributed by atoms with van der Waals surface area (Å²) in [5.41, 5.74) is 0. The van der Waals surface area contributed by atoms with Gasteiger partial charge in [-0.15, -0.1) is 0 Å². The fourth-order valence-corrected chi connectivity index (χ4v) is 1.32. The highest BCUT2D eigenvalue weighted by molar-refractivity contribution is 14.1. The highest BCUT2D eigenvalue weighted by Gasteiger charge is 2.15. The lowest BCUT2D eigenvalue weighted by atomic mass is 9.99. The topological polar surface area (TPSA) is 26.3 Å². The van der Waals surface area contributed by atoms with E-state index in [0.29, 0.717) is 5.92 Å². The van der Waals surface area contributed by atoms with Gasteiger partial charge in [0.05, 0.1) is 13.0 Å². The zero-order valence-electron chi connectivity index (χ0n) is 7.26. The van der Waals surface area contributed by atoms with Crippen LogP contribution >= 0.6 is 22.6 Å². The van der Waals surface area contributed by atoms with E-state index in [1.807, 2.05) is 6.92 Å².